The quantitative estimate of drug-likeness (QED) is 0.813. The number of esters is 1. The van der Waals surface area contributed by atoms with E-state index in [1.807, 2.05) is 13.8 Å². The number of ether oxygens (including phenoxy) is 2. The van der Waals surface area contributed by atoms with Gasteiger partial charge in [-0.05, 0) is 56.5 Å². The first-order chi connectivity index (χ1) is 11.0. The second kappa shape index (κ2) is 7.78. The van der Waals surface area contributed by atoms with Crippen LogP contribution in [-0.2, 0) is 4.74 Å². The molecule has 0 radical (unpaired) electrons. The van der Waals surface area contributed by atoms with Crippen LogP contribution >= 0.6 is 11.3 Å². The van der Waals surface area contributed by atoms with Crippen molar-refractivity contribution < 1.29 is 19.1 Å². The Hall–Kier alpha value is -2.34. The number of nitrogens with one attached hydrogen (secondary N) is 1. The number of anilines is 1. The monoisotopic (exact) mass is 333 g/mol. The van der Waals surface area contributed by atoms with E-state index in [1.54, 1.807) is 42.6 Å². The Morgan fingerprint density at radius 2 is 1.87 bits per heavy atom. The topological polar surface area (TPSA) is 64.6 Å². The van der Waals surface area contributed by atoms with Crippen molar-refractivity contribution in [3.63, 3.8) is 0 Å². The maximum atomic E-state index is 12.3. The van der Waals surface area contributed by atoms with Crippen molar-refractivity contribution in [3.05, 3.63) is 46.8 Å². The molecule has 0 fully saturated rings. The van der Waals surface area contributed by atoms with E-state index in [0.717, 1.165) is 0 Å². The van der Waals surface area contributed by atoms with Gasteiger partial charge in [-0.15, -0.1) is 11.3 Å². The summed E-state index contributed by atoms with van der Waals surface area (Å²) < 4.78 is 10.5. The maximum Gasteiger partial charge on any atom is 0.341 e. The first-order valence-electron chi connectivity index (χ1n) is 7.34. The summed E-state index contributed by atoms with van der Waals surface area (Å²) in [5, 5.41) is 4.96. The Morgan fingerprint density at radius 3 is 2.48 bits per heavy atom. The van der Waals surface area contributed by atoms with Crippen molar-refractivity contribution in [2.45, 2.75) is 26.9 Å². The number of hydrogen-bond acceptors (Lipinski definition) is 5. The first kappa shape index (κ1) is 17.0. The molecule has 23 heavy (non-hydrogen) atoms. The van der Waals surface area contributed by atoms with Crippen LogP contribution in [0.3, 0.4) is 0 Å². The number of carbonyl (C=O) groups is 2. The molecule has 5 nitrogen and oxygen atoms in total. The molecule has 0 unspecified atom stereocenters. The molecule has 0 aliphatic rings. The van der Waals surface area contributed by atoms with Gasteiger partial charge in [0.1, 0.15) is 10.8 Å². The minimum atomic E-state index is -0.440. The van der Waals surface area contributed by atoms with Gasteiger partial charge < -0.3 is 14.8 Å². The zero-order valence-electron chi connectivity index (χ0n) is 13.3. The third-order valence-corrected chi connectivity index (χ3v) is 3.71. The van der Waals surface area contributed by atoms with Crippen LogP contribution in [0.25, 0.3) is 0 Å². The molecule has 1 aromatic heterocycles. The molecule has 0 spiro atoms. The zero-order chi connectivity index (χ0) is 16.8. The minimum Gasteiger partial charge on any atom is -0.491 e. The van der Waals surface area contributed by atoms with Gasteiger partial charge in [0.15, 0.2) is 0 Å². The maximum absolute atomic E-state index is 12.3. The van der Waals surface area contributed by atoms with Gasteiger partial charge >= 0.3 is 5.97 Å². The molecule has 0 saturated carbocycles. The van der Waals surface area contributed by atoms with Crippen molar-refractivity contribution in [3.8, 4) is 5.75 Å². The minimum absolute atomic E-state index is 0.0768. The van der Waals surface area contributed by atoms with Gasteiger partial charge in [-0.1, -0.05) is 0 Å². The molecule has 1 heterocycles. The van der Waals surface area contributed by atoms with E-state index in [4.69, 9.17) is 9.47 Å². The predicted octanol–water partition coefficient (Wildman–Crippen LogP) is 3.96. The number of thiophene rings is 1. The van der Waals surface area contributed by atoms with E-state index in [-0.39, 0.29) is 12.0 Å². The Kier molecular flexibility index (Phi) is 5.76. The largest absolute Gasteiger partial charge is 0.491 e. The molecule has 122 valence electrons. The summed E-state index contributed by atoms with van der Waals surface area (Å²) in [4.78, 5) is 24.1. The van der Waals surface area contributed by atoms with E-state index in [2.05, 4.69) is 5.32 Å². The first-order valence-corrected chi connectivity index (χ1v) is 8.22. The molecule has 0 saturated heterocycles. The van der Waals surface area contributed by atoms with Gasteiger partial charge in [0.25, 0.3) is 5.91 Å². The Morgan fingerprint density at radius 1 is 1.17 bits per heavy atom. The summed E-state index contributed by atoms with van der Waals surface area (Å²) in [6.45, 7) is 5.91. The molecule has 0 atom stereocenters. The van der Waals surface area contributed by atoms with Crippen molar-refractivity contribution in [1.82, 2.24) is 0 Å². The second-order valence-electron chi connectivity index (χ2n) is 5.03. The predicted molar refractivity (Wildman–Crippen MR) is 90.4 cm³/mol. The fraction of sp³-hybridized carbons (Fsp3) is 0.294. The van der Waals surface area contributed by atoms with Gasteiger partial charge in [-0.2, -0.15) is 0 Å². The van der Waals surface area contributed by atoms with Gasteiger partial charge in [-0.25, -0.2) is 4.79 Å². The van der Waals surface area contributed by atoms with Crippen molar-refractivity contribution in [2.75, 3.05) is 11.9 Å². The average molecular weight is 333 g/mol. The highest BCUT2D eigenvalue weighted by molar-refractivity contribution is 7.14. The van der Waals surface area contributed by atoms with Crippen molar-refractivity contribution in [2.24, 2.45) is 0 Å². The van der Waals surface area contributed by atoms with Crippen LogP contribution < -0.4 is 10.1 Å². The number of amides is 1. The zero-order valence-corrected chi connectivity index (χ0v) is 14.1. The molecule has 2 rings (SSSR count). The van der Waals surface area contributed by atoms with E-state index in [1.165, 1.54) is 11.3 Å². The summed E-state index contributed by atoms with van der Waals surface area (Å²) in [5.41, 5.74) is 0.856. The van der Waals surface area contributed by atoms with Crippen molar-refractivity contribution >= 4 is 28.2 Å². The van der Waals surface area contributed by atoms with Crippen LogP contribution in [0.5, 0.6) is 5.75 Å². The fourth-order valence-corrected chi connectivity index (χ4v) is 2.68. The van der Waals surface area contributed by atoms with E-state index in [9.17, 15) is 9.59 Å². The van der Waals surface area contributed by atoms with Crippen LogP contribution in [-0.4, -0.2) is 24.6 Å². The van der Waals surface area contributed by atoms with Gasteiger partial charge in [0.2, 0.25) is 0 Å². The smallest absolute Gasteiger partial charge is 0.341 e. The van der Waals surface area contributed by atoms with E-state index in [0.29, 0.717) is 28.5 Å². The molecule has 0 bridgehead atoms. The summed E-state index contributed by atoms with van der Waals surface area (Å²) in [7, 11) is 0. The number of hydrogen-bond donors (Lipinski definition) is 1. The highest BCUT2D eigenvalue weighted by atomic mass is 32.1. The molecule has 0 aliphatic carbocycles. The summed E-state index contributed by atoms with van der Waals surface area (Å²) in [6.07, 6.45) is 0.0768. The van der Waals surface area contributed by atoms with E-state index >= 15 is 0 Å². The lowest BCUT2D eigenvalue weighted by molar-refractivity contribution is 0.0528. The lowest BCUT2D eigenvalue weighted by atomic mass is 10.2. The summed E-state index contributed by atoms with van der Waals surface area (Å²) in [5.74, 6) is -0.0151. The van der Waals surface area contributed by atoms with Gasteiger partial charge in [0.05, 0.1) is 18.3 Å². The second-order valence-corrected chi connectivity index (χ2v) is 5.95. The molecular formula is C17H19NO4S. The Bertz CT molecular complexity index is 676. The van der Waals surface area contributed by atoms with E-state index < -0.39 is 5.97 Å². The van der Waals surface area contributed by atoms with Crippen LogP contribution in [0, 0.1) is 0 Å². The Labute approximate surface area is 139 Å². The third kappa shape index (κ3) is 4.56. The molecule has 1 aromatic carbocycles. The normalized spacial score (nSPS) is 10.4. The van der Waals surface area contributed by atoms with Gasteiger partial charge in [0, 0.05) is 5.56 Å². The molecule has 1 amide bonds. The standard InChI is InChI=1S/C17H19NO4S/c1-4-21-17(20)14-9-10-23-16(14)18-15(19)12-5-7-13(8-6-12)22-11(2)3/h5-11H,4H2,1-3H3,(H,18,19). The lowest BCUT2D eigenvalue weighted by Gasteiger charge is -2.10. The van der Waals surface area contributed by atoms with Gasteiger partial charge in [-0.3, -0.25) is 4.79 Å². The van der Waals surface area contributed by atoms with Crippen LogP contribution in [0.4, 0.5) is 5.00 Å². The summed E-state index contributed by atoms with van der Waals surface area (Å²) >= 11 is 1.28. The number of carbonyl (C=O) groups excluding carboxylic acids is 2. The lowest BCUT2D eigenvalue weighted by Crippen LogP contribution is -2.14. The fourth-order valence-electron chi connectivity index (χ4n) is 1.91. The van der Waals surface area contributed by atoms with Crippen molar-refractivity contribution in [1.29, 1.82) is 0 Å². The number of rotatable bonds is 6. The van der Waals surface area contributed by atoms with Crippen LogP contribution in [0.1, 0.15) is 41.5 Å². The highest BCUT2D eigenvalue weighted by Gasteiger charge is 2.16. The van der Waals surface area contributed by atoms with Crippen LogP contribution in [0.15, 0.2) is 35.7 Å². The Balaban J connectivity index is 2.08. The molecule has 1 N–H and O–H groups in total. The number of benzene rings is 1. The molecule has 6 heteroatoms. The molecule has 0 aliphatic heterocycles. The molecular weight excluding hydrogens is 314 g/mol. The van der Waals surface area contributed by atoms with Crippen LogP contribution in [0.2, 0.25) is 0 Å². The highest BCUT2D eigenvalue weighted by Crippen LogP contribution is 2.25. The third-order valence-electron chi connectivity index (χ3n) is 2.88. The summed E-state index contributed by atoms with van der Waals surface area (Å²) in [6, 6.07) is 8.50. The molecule has 2 aromatic rings. The average Bonchev–Trinajstić information content (AvgIpc) is 2.95. The SMILES string of the molecule is CCOC(=O)c1ccsc1NC(=O)c1ccc(OC(C)C)cc1.